The minimum atomic E-state index is -0.855. The molecule has 0 aliphatic carbocycles. The Morgan fingerprint density at radius 2 is 2.20 bits per heavy atom. The molecule has 82 valence electrons. The van der Waals surface area contributed by atoms with Crippen molar-refractivity contribution < 1.29 is 9.90 Å². The van der Waals surface area contributed by atoms with E-state index in [0.29, 0.717) is 0 Å². The van der Waals surface area contributed by atoms with Gasteiger partial charge in [-0.2, -0.15) is 0 Å². The molecule has 0 bridgehead atoms. The monoisotopic (exact) mass is 208 g/mol. The van der Waals surface area contributed by atoms with E-state index in [1.165, 1.54) is 0 Å². The van der Waals surface area contributed by atoms with Gasteiger partial charge in [0.2, 0.25) is 0 Å². The summed E-state index contributed by atoms with van der Waals surface area (Å²) in [4.78, 5) is 15.0. The van der Waals surface area contributed by atoms with Gasteiger partial charge in [0.15, 0.2) is 0 Å². The number of carboxylic acids is 1. The molecule has 0 aliphatic heterocycles. The fourth-order valence-electron chi connectivity index (χ4n) is 1.26. The van der Waals surface area contributed by atoms with Gasteiger partial charge in [-0.05, 0) is 17.5 Å². The molecule has 0 saturated carbocycles. The first kappa shape index (κ1) is 11.5. The average molecular weight is 208 g/mol. The zero-order chi connectivity index (χ0) is 11.5. The second kappa shape index (κ2) is 4.29. The molecule has 1 unspecified atom stereocenters. The maximum Gasteiger partial charge on any atom is 0.326 e. The number of aliphatic carboxylic acids is 1. The van der Waals surface area contributed by atoms with Gasteiger partial charge in [0, 0.05) is 12.4 Å². The lowest BCUT2D eigenvalue weighted by atomic mass is 9.86. The summed E-state index contributed by atoms with van der Waals surface area (Å²) >= 11 is 0. The number of anilines is 1. The van der Waals surface area contributed by atoms with Crippen LogP contribution in [-0.2, 0) is 4.79 Å². The van der Waals surface area contributed by atoms with Crippen molar-refractivity contribution in [2.24, 2.45) is 5.41 Å². The van der Waals surface area contributed by atoms with Crippen LogP contribution in [0.3, 0.4) is 0 Å². The van der Waals surface area contributed by atoms with E-state index >= 15 is 0 Å². The lowest BCUT2D eigenvalue weighted by molar-refractivity contribution is -0.140. The van der Waals surface area contributed by atoms with Crippen LogP contribution in [0, 0.1) is 5.41 Å². The molecule has 1 rings (SSSR count). The second-order valence-electron chi connectivity index (χ2n) is 4.52. The van der Waals surface area contributed by atoms with E-state index in [4.69, 9.17) is 5.11 Å². The third kappa shape index (κ3) is 3.23. The summed E-state index contributed by atoms with van der Waals surface area (Å²) in [6, 6.07) is 2.94. The third-order valence-corrected chi connectivity index (χ3v) is 2.09. The predicted octanol–water partition coefficient (Wildman–Crippen LogP) is 1.99. The van der Waals surface area contributed by atoms with Crippen LogP contribution in [0.5, 0.6) is 0 Å². The smallest absolute Gasteiger partial charge is 0.326 e. The average Bonchev–Trinajstić information content (AvgIpc) is 2.13. The first-order valence-electron chi connectivity index (χ1n) is 4.80. The van der Waals surface area contributed by atoms with E-state index in [-0.39, 0.29) is 5.41 Å². The van der Waals surface area contributed by atoms with Crippen molar-refractivity contribution in [1.29, 1.82) is 0 Å². The quantitative estimate of drug-likeness (QED) is 0.797. The van der Waals surface area contributed by atoms with Gasteiger partial charge in [0.05, 0.1) is 5.69 Å². The summed E-state index contributed by atoms with van der Waals surface area (Å²) in [6.07, 6.45) is 3.26. The second-order valence-corrected chi connectivity index (χ2v) is 4.52. The number of carboxylic acid groups (broad SMARTS) is 1. The van der Waals surface area contributed by atoms with Gasteiger partial charge < -0.3 is 10.4 Å². The van der Waals surface area contributed by atoms with Crippen LogP contribution in [0.25, 0.3) is 0 Å². The molecule has 0 spiro atoms. The third-order valence-electron chi connectivity index (χ3n) is 2.09. The minimum Gasteiger partial charge on any atom is -0.480 e. The van der Waals surface area contributed by atoms with Gasteiger partial charge in [-0.3, -0.25) is 4.98 Å². The largest absolute Gasteiger partial charge is 0.480 e. The van der Waals surface area contributed by atoms with Crippen molar-refractivity contribution in [2.45, 2.75) is 26.8 Å². The predicted molar refractivity (Wildman–Crippen MR) is 58.7 cm³/mol. The molecule has 0 saturated heterocycles. The Hall–Kier alpha value is -1.58. The highest BCUT2D eigenvalue weighted by molar-refractivity contribution is 5.78. The fraction of sp³-hybridized carbons (Fsp3) is 0.455. The summed E-state index contributed by atoms with van der Waals surface area (Å²) in [5.41, 5.74) is 0.376. The van der Waals surface area contributed by atoms with E-state index in [1.807, 2.05) is 20.8 Å². The first-order valence-corrected chi connectivity index (χ1v) is 4.80. The number of aromatic nitrogens is 1. The van der Waals surface area contributed by atoms with Crippen LogP contribution in [0.15, 0.2) is 24.5 Å². The van der Waals surface area contributed by atoms with Gasteiger partial charge in [0.25, 0.3) is 0 Å². The van der Waals surface area contributed by atoms with E-state index in [9.17, 15) is 4.79 Å². The summed E-state index contributed by atoms with van der Waals surface area (Å²) in [6.45, 7) is 5.65. The van der Waals surface area contributed by atoms with Crippen molar-refractivity contribution in [1.82, 2.24) is 4.98 Å². The molecule has 4 heteroatoms. The Morgan fingerprint density at radius 1 is 1.53 bits per heavy atom. The maximum absolute atomic E-state index is 11.1. The van der Waals surface area contributed by atoms with Crippen molar-refractivity contribution in [3.8, 4) is 0 Å². The van der Waals surface area contributed by atoms with E-state index in [2.05, 4.69) is 10.3 Å². The normalized spacial score (nSPS) is 13.3. The molecular formula is C11H16N2O2. The van der Waals surface area contributed by atoms with Crippen LogP contribution < -0.4 is 5.32 Å². The molecule has 15 heavy (non-hydrogen) atoms. The highest BCUT2D eigenvalue weighted by Crippen LogP contribution is 2.22. The first-order chi connectivity index (χ1) is 6.91. The lowest BCUT2D eigenvalue weighted by Gasteiger charge is -2.28. The van der Waals surface area contributed by atoms with Crippen LogP contribution in [0.4, 0.5) is 5.69 Å². The van der Waals surface area contributed by atoms with E-state index in [1.54, 1.807) is 24.5 Å². The van der Waals surface area contributed by atoms with Crippen molar-refractivity contribution in [3.63, 3.8) is 0 Å². The summed E-state index contributed by atoms with van der Waals surface area (Å²) in [5.74, 6) is -0.855. The number of hydrogen-bond acceptors (Lipinski definition) is 3. The molecule has 1 aromatic heterocycles. The topological polar surface area (TPSA) is 62.2 Å². The van der Waals surface area contributed by atoms with Crippen LogP contribution in [0.1, 0.15) is 20.8 Å². The Kier molecular flexibility index (Phi) is 3.29. The molecule has 0 radical (unpaired) electrons. The van der Waals surface area contributed by atoms with Gasteiger partial charge in [-0.25, -0.2) is 4.79 Å². The van der Waals surface area contributed by atoms with Crippen LogP contribution in [0.2, 0.25) is 0 Å². The number of rotatable bonds is 3. The number of carbonyl (C=O) groups is 1. The SMILES string of the molecule is CC(C)(C)C(Nc1cccnc1)C(=O)O. The molecule has 1 aromatic rings. The molecule has 4 nitrogen and oxygen atoms in total. The fourth-order valence-corrected chi connectivity index (χ4v) is 1.26. The number of nitrogens with zero attached hydrogens (tertiary/aromatic N) is 1. The van der Waals surface area contributed by atoms with E-state index < -0.39 is 12.0 Å². The number of hydrogen-bond donors (Lipinski definition) is 2. The molecule has 0 aromatic carbocycles. The van der Waals surface area contributed by atoms with Gasteiger partial charge >= 0.3 is 5.97 Å². The van der Waals surface area contributed by atoms with Crippen molar-refractivity contribution in [2.75, 3.05) is 5.32 Å². The van der Waals surface area contributed by atoms with Crippen molar-refractivity contribution in [3.05, 3.63) is 24.5 Å². The van der Waals surface area contributed by atoms with Crippen LogP contribution >= 0.6 is 0 Å². The highest BCUT2D eigenvalue weighted by Gasteiger charge is 2.30. The Labute approximate surface area is 89.3 Å². The standard InChI is InChI=1S/C11H16N2O2/c1-11(2,3)9(10(14)15)13-8-5-4-6-12-7-8/h4-7,9,13H,1-3H3,(H,14,15). The lowest BCUT2D eigenvalue weighted by Crippen LogP contribution is -2.41. The van der Waals surface area contributed by atoms with Gasteiger partial charge in [0.1, 0.15) is 6.04 Å². The Balaban J connectivity index is 2.82. The Bertz CT molecular complexity index is 330. The number of nitrogens with one attached hydrogen (secondary N) is 1. The van der Waals surface area contributed by atoms with Crippen LogP contribution in [-0.4, -0.2) is 22.1 Å². The minimum absolute atomic E-state index is 0.346. The zero-order valence-electron chi connectivity index (χ0n) is 9.19. The van der Waals surface area contributed by atoms with Gasteiger partial charge in [-0.1, -0.05) is 20.8 Å². The number of pyridine rings is 1. The van der Waals surface area contributed by atoms with Crippen molar-refractivity contribution >= 4 is 11.7 Å². The van der Waals surface area contributed by atoms with Gasteiger partial charge in [-0.15, -0.1) is 0 Å². The molecule has 0 aliphatic rings. The zero-order valence-corrected chi connectivity index (χ0v) is 9.19. The summed E-state index contributed by atoms with van der Waals surface area (Å²) in [5, 5.41) is 12.0. The maximum atomic E-state index is 11.1. The molecule has 0 fully saturated rings. The summed E-state index contributed by atoms with van der Waals surface area (Å²) in [7, 11) is 0. The molecule has 2 N–H and O–H groups in total. The molecular weight excluding hydrogens is 192 g/mol. The molecule has 1 heterocycles. The molecule has 1 atom stereocenters. The Morgan fingerprint density at radius 3 is 2.60 bits per heavy atom. The summed E-state index contributed by atoms with van der Waals surface area (Å²) < 4.78 is 0. The highest BCUT2D eigenvalue weighted by atomic mass is 16.4. The van der Waals surface area contributed by atoms with E-state index in [0.717, 1.165) is 5.69 Å². The molecule has 0 amide bonds.